The molecule has 9 heteroatoms. The maximum Gasteiger partial charge on any atom is 0.200 e. The van der Waals surface area contributed by atoms with E-state index in [1.165, 1.54) is 18.2 Å². The SMILES string of the molecule is Oc1cccc(/C=N/Nc2c(F)c(F)c(F)c(F)c2F)c1O. The summed E-state index contributed by atoms with van der Waals surface area (Å²) in [4.78, 5) is 0. The zero-order valence-corrected chi connectivity index (χ0v) is 10.5. The molecule has 116 valence electrons. The van der Waals surface area contributed by atoms with E-state index < -0.39 is 46.3 Å². The highest BCUT2D eigenvalue weighted by atomic mass is 19.2. The van der Waals surface area contributed by atoms with Gasteiger partial charge in [0.2, 0.25) is 5.82 Å². The van der Waals surface area contributed by atoms with Crippen LogP contribution in [0.4, 0.5) is 27.6 Å². The Morgan fingerprint density at radius 2 is 1.41 bits per heavy atom. The van der Waals surface area contributed by atoms with Gasteiger partial charge in [-0.2, -0.15) is 5.10 Å². The third-order valence-corrected chi connectivity index (χ3v) is 2.64. The molecule has 2 aromatic rings. The highest BCUT2D eigenvalue weighted by molar-refractivity contribution is 5.85. The van der Waals surface area contributed by atoms with Crippen LogP contribution < -0.4 is 5.43 Å². The number of rotatable bonds is 3. The zero-order chi connectivity index (χ0) is 16.4. The molecule has 0 fully saturated rings. The average Bonchev–Trinajstić information content (AvgIpc) is 2.50. The van der Waals surface area contributed by atoms with Gasteiger partial charge < -0.3 is 10.2 Å². The fraction of sp³-hybridized carbons (Fsp3) is 0. The van der Waals surface area contributed by atoms with Crippen LogP contribution in [0.3, 0.4) is 0 Å². The van der Waals surface area contributed by atoms with Gasteiger partial charge in [-0.05, 0) is 12.1 Å². The molecule has 2 rings (SSSR count). The van der Waals surface area contributed by atoms with Crippen LogP contribution in [0, 0.1) is 29.1 Å². The van der Waals surface area contributed by atoms with Crippen LogP contribution in [0.1, 0.15) is 5.56 Å². The minimum Gasteiger partial charge on any atom is -0.504 e. The molecule has 22 heavy (non-hydrogen) atoms. The lowest BCUT2D eigenvalue weighted by molar-refractivity contribution is 0.381. The lowest BCUT2D eigenvalue weighted by Gasteiger charge is -2.07. The molecule has 0 aliphatic rings. The number of nitrogens with zero attached hydrogens (tertiary/aromatic N) is 1. The summed E-state index contributed by atoms with van der Waals surface area (Å²) in [5.74, 6) is -11.7. The van der Waals surface area contributed by atoms with Crippen molar-refractivity contribution in [1.82, 2.24) is 0 Å². The molecule has 3 N–H and O–H groups in total. The lowest BCUT2D eigenvalue weighted by Crippen LogP contribution is -2.06. The van der Waals surface area contributed by atoms with Crippen molar-refractivity contribution in [2.45, 2.75) is 0 Å². The number of nitrogens with one attached hydrogen (secondary N) is 1. The Labute approximate surface area is 120 Å². The Kier molecular flexibility index (Phi) is 4.15. The van der Waals surface area contributed by atoms with Crippen LogP contribution in [-0.4, -0.2) is 16.4 Å². The Hall–Kier alpha value is -2.84. The standard InChI is InChI=1S/C13H7F5N2O2/c14-7-8(15)10(17)12(11(18)9(7)16)20-19-4-5-2-1-3-6(21)13(5)22/h1-4,20-22H/b19-4+. The van der Waals surface area contributed by atoms with Crippen molar-refractivity contribution in [1.29, 1.82) is 0 Å². The van der Waals surface area contributed by atoms with Gasteiger partial charge in [-0.25, -0.2) is 22.0 Å². The number of hydrogen-bond donors (Lipinski definition) is 3. The molecule has 0 saturated heterocycles. The van der Waals surface area contributed by atoms with Gasteiger partial charge in [0.25, 0.3) is 0 Å². The van der Waals surface area contributed by atoms with Crippen LogP contribution in [0.15, 0.2) is 23.3 Å². The monoisotopic (exact) mass is 318 g/mol. The van der Waals surface area contributed by atoms with Crippen molar-refractivity contribution in [2.24, 2.45) is 5.10 Å². The molecule has 0 bridgehead atoms. The molecule has 0 aliphatic heterocycles. The fourth-order valence-corrected chi connectivity index (χ4v) is 1.52. The molecule has 2 aromatic carbocycles. The first-order valence-electron chi connectivity index (χ1n) is 5.66. The molecule has 0 unspecified atom stereocenters. The second-order valence-electron chi connectivity index (χ2n) is 4.03. The van der Waals surface area contributed by atoms with Gasteiger partial charge in [-0.3, -0.25) is 5.43 Å². The Morgan fingerprint density at radius 3 is 2.00 bits per heavy atom. The van der Waals surface area contributed by atoms with Gasteiger partial charge in [-0.15, -0.1) is 0 Å². The van der Waals surface area contributed by atoms with E-state index in [0.29, 0.717) is 0 Å². The molecule has 0 aromatic heterocycles. The van der Waals surface area contributed by atoms with Gasteiger partial charge in [0.05, 0.1) is 6.21 Å². The fourth-order valence-electron chi connectivity index (χ4n) is 1.52. The maximum absolute atomic E-state index is 13.3. The van der Waals surface area contributed by atoms with Gasteiger partial charge in [-0.1, -0.05) is 6.07 Å². The molecule has 0 aliphatic carbocycles. The Morgan fingerprint density at radius 1 is 0.864 bits per heavy atom. The smallest absolute Gasteiger partial charge is 0.200 e. The van der Waals surface area contributed by atoms with Crippen molar-refractivity contribution in [3.63, 3.8) is 0 Å². The average molecular weight is 318 g/mol. The number of benzene rings is 2. The van der Waals surface area contributed by atoms with E-state index in [1.54, 1.807) is 5.43 Å². The number of hydrazone groups is 1. The highest BCUT2D eigenvalue weighted by Gasteiger charge is 2.25. The van der Waals surface area contributed by atoms with Crippen molar-refractivity contribution < 1.29 is 32.2 Å². The number of phenols is 2. The lowest BCUT2D eigenvalue weighted by atomic mass is 10.2. The number of halogens is 5. The van der Waals surface area contributed by atoms with Crippen LogP contribution in [0.2, 0.25) is 0 Å². The first kappa shape index (κ1) is 15.5. The molecule has 0 heterocycles. The molecule has 4 nitrogen and oxygen atoms in total. The predicted molar refractivity (Wildman–Crippen MR) is 67.2 cm³/mol. The van der Waals surface area contributed by atoms with Crippen LogP contribution >= 0.6 is 0 Å². The third kappa shape index (κ3) is 2.65. The normalized spacial score (nSPS) is 11.1. The highest BCUT2D eigenvalue weighted by Crippen LogP contribution is 2.28. The summed E-state index contributed by atoms with van der Waals surface area (Å²) in [6.45, 7) is 0. The van der Waals surface area contributed by atoms with Crippen LogP contribution in [0.5, 0.6) is 11.5 Å². The van der Waals surface area contributed by atoms with Crippen molar-refractivity contribution in [3.8, 4) is 11.5 Å². The van der Waals surface area contributed by atoms with E-state index in [0.717, 1.165) is 6.21 Å². The number of phenolic OH excluding ortho intramolecular Hbond substituents is 2. The number of aromatic hydroxyl groups is 2. The maximum atomic E-state index is 13.3. The summed E-state index contributed by atoms with van der Waals surface area (Å²) in [5.41, 5.74) is 0.280. The number of para-hydroxylation sites is 1. The molecule has 0 amide bonds. The topological polar surface area (TPSA) is 64.9 Å². The summed E-state index contributed by atoms with van der Waals surface area (Å²) in [5, 5.41) is 21.9. The second-order valence-corrected chi connectivity index (χ2v) is 4.03. The van der Waals surface area contributed by atoms with E-state index in [-0.39, 0.29) is 5.56 Å². The van der Waals surface area contributed by atoms with E-state index in [9.17, 15) is 32.2 Å². The number of anilines is 1. The van der Waals surface area contributed by atoms with E-state index in [2.05, 4.69) is 5.10 Å². The Balaban J connectivity index is 2.33. The summed E-state index contributed by atoms with van der Waals surface area (Å²) in [6.07, 6.45) is 0.826. The van der Waals surface area contributed by atoms with E-state index >= 15 is 0 Å². The minimum absolute atomic E-state index is 0.0450. The quantitative estimate of drug-likeness (QED) is 0.203. The van der Waals surface area contributed by atoms with Crippen molar-refractivity contribution in [2.75, 3.05) is 5.43 Å². The molecular formula is C13H7F5N2O2. The van der Waals surface area contributed by atoms with E-state index in [1.807, 2.05) is 0 Å². The zero-order valence-electron chi connectivity index (χ0n) is 10.5. The molecule has 0 atom stereocenters. The first-order chi connectivity index (χ1) is 10.3. The van der Waals surface area contributed by atoms with Gasteiger partial charge in [0.1, 0.15) is 5.69 Å². The van der Waals surface area contributed by atoms with Crippen molar-refractivity contribution >= 4 is 11.9 Å². The molecular weight excluding hydrogens is 311 g/mol. The van der Waals surface area contributed by atoms with E-state index in [4.69, 9.17) is 0 Å². The predicted octanol–water partition coefficient (Wildman–Crippen LogP) is 3.24. The molecule has 0 spiro atoms. The van der Waals surface area contributed by atoms with Gasteiger partial charge >= 0.3 is 0 Å². The van der Waals surface area contributed by atoms with Crippen molar-refractivity contribution in [3.05, 3.63) is 52.8 Å². The molecule has 0 radical (unpaired) electrons. The summed E-state index contributed by atoms with van der Waals surface area (Å²) in [7, 11) is 0. The first-order valence-corrected chi connectivity index (χ1v) is 5.66. The second kappa shape index (κ2) is 5.88. The van der Waals surface area contributed by atoms with Gasteiger partial charge in [0.15, 0.2) is 34.8 Å². The summed E-state index contributed by atoms with van der Waals surface area (Å²) < 4.78 is 65.4. The summed E-state index contributed by atoms with van der Waals surface area (Å²) in [6, 6.07) is 3.80. The van der Waals surface area contributed by atoms with Crippen LogP contribution in [0.25, 0.3) is 0 Å². The third-order valence-electron chi connectivity index (χ3n) is 2.64. The number of hydrogen-bond acceptors (Lipinski definition) is 4. The summed E-state index contributed by atoms with van der Waals surface area (Å²) >= 11 is 0. The van der Waals surface area contributed by atoms with Gasteiger partial charge in [0, 0.05) is 5.56 Å². The molecule has 0 saturated carbocycles. The minimum atomic E-state index is -2.28. The van der Waals surface area contributed by atoms with Crippen LogP contribution in [-0.2, 0) is 0 Å². The Bertz CT molecular complexity index is 736. The largest absolute Gasteiger partial charge is 0.504 e.